The molecule has 0 aliphatic rings. The van der Waals surface area contributed by atoms with Gasteiger partial charge in [-0.2, -0.15) is 0 Å². The van der Waals surface area contributed by atoms with Crippen LogP contribution in [0.5, 0.6) is 5.75 Å². The fraction of sp³-hybridized carbons (Fsp3) is 0.0455. The lowest BCUT2D eigenvalue weighted by Gasteiger charge is -2.15. The van der Waals surface area contributed by atoms with E-state index >= 15 is 0 Å². The number of aromatic hydroxyl groups is 1. The van der Waals surface area contributed by atoms with E-state index in [1.807, 2.05) is 0 Å². The summed E-state index contributed by atoms with van der Waals surface area (Å²) in [5, 5.41) is 12.2. The highest BCUT2D eigenvalue weighted by atomic mass is 35.5. The minimum Gasteiger partial charge on any atom is -0.508 e. The Balaban J connectivity index is 1.89. The number of carbonyl (C=O) groups is 1. The van der Waals surface area contributed by atoms with Crippen molar-refractivity contribution in [2.24, 2.45) is 0 Å². The van der Waals surface area contributed by atoms with Gasteiger partial charge in [-0.15, -0.1) is 3.97 Å². The topological polar surface area (TPSA) is 127 Å². The molecule has 0 saturated heterocycles. The standard InChI is InChI=1S/C22H15Cl2N3O6S/c23-13-1-8-17(9-2-13)34(32,33)27-21(30)18-10-3-14(24)11-19(18)26(22(27)31)12-20(29)25-15-4-6-16(28)7-5-15/h1-11,28H,12H2,(H,25,29). The van der Waals surface area contributed by atoms with E-state index in [2.05, 4.69) is 5.32 Å². The maximum atomic E-state index is 13.3. The van der Waals surface area contributed by atoms with Crippen molar-refractivity contribution in [1.29, 1.82) is 0 Å². The number of benzene rings is 3. The van der Waals surface area contributed by atoms with Gasteiger partial charge >= 0.3 is 5.69 Å². The highest BCUT2D eigenvalue weighted by Crippen LogP contribution is 2.19. The number of aromatic nitrogens is 2. The molecule has 0 aliphatic carbocycles. The lowest BCUT2D eigenvalue weighted by molar-refractivity contribution is -0.116. The van der Waals surface area contributed by atoms with Gasteiger partial charge in [-0.25, -0.2) is 13.2 Å². The molecule has 4 rings (SSSR count). The summed E-state index contributed by atoms with van der Waals surface area (Å²) in [4.78, 5) is 38.7. The minimum absolute atomic E-state index is 0.00524. The van der Waals surface area contributed by atoms with Crippen molar-refractivity contribution in [1.82, 2.24) is 8.54 Å². The Morgan fingerprint density at radius 3 is 2.18 bits per heavy atom. The van der Waals surface area contributed by atoms with Crippen LogP contribution in [0.1, 0.15) is 0 Å². The first kappa shape index (κ1) is 23.6. The van der Waals surface area contributed by atoms with Crippen LogP contribution in [-0.2, 0) is 21.4 Å². The average molecular weight is 520 g/mol. The molecule has 1 amide bonds. The number of rotatable bonds is 5. The smallest absolute Gasteiger partial charge is 0.346 e. The van der Waals surface area contributed by atoms with Gasteiger partial charge in [-0.1, -0.05) is 23.2 Å². The van der Waals surface area contributed by atoms with Crippen molar-refractivity contribution >= 4 is 55.7 Å². The monoisotopic (exact) mass is 519 g/mol. The highest BCUT2D eigenvalue weighted by molar-refractivity contribution is 7.90. The van der Waals surface area contributed by atoms with Crippen molar-refractivity contribution in [3.63, 3.8) is 0 Å². The first-order valence-electron chi connectivity index (χ1n) is 9.63. The van der Waals surface area contributed by atoms with Gasteiger partial charge in [0.15, 0.2) is 0 Å². The molecule has 12 heteroatoms. The Labute approximate surface area is 202 Å². The Kier molecular flexibility index (Phi) is 6.22. The van der Waals surface area contributed by atoms with Gasteiger partial charge in [0.1, 0.15) is 12.3 Å². The van der Waals surface area contributed by atoms with Crippen molar-refractivity contribution in [2.45, 2.75) is 11.4 Å². The molecule has 174 valence electrons. The summed E-state index contributed by atoms with van der Waals surface area (Å²) in [6, 6.07) is 14.5. The molecule has 0 spiro atoms. The molecular weight excluding hydrogens is 505 g/mol. The number of fused-ring (bicyclic) bond motifs is 1. The number of halogens is 2. The predicted octanol–water partition coefficient (Wildman–Crippen LogP) is 3.05. The van der Waals surface area contributed by atoms with Crippen LogP contribution < -0.4 is 16.6 Å². The molecule has 3 aromatic carbocycles. The summed E-state index contributed by atoms with van der Waals surface area (Å²) in [6.45, 7) is -0.618. The Hall–Kier alpha value is -3.60. The largest absolute Gasteiger partial charge is 0.508 e. The molecule has 0 fully saturated rings. The molecule has 4 aromatic rings. The normalized spacial score (nSPS) is 11.5. The van der Waals surface area contributed by atoms with Crippen molar-refractivity contribution in [3.8, 4) is 5.75 Å². The van der Waals surface area contributed by atoms with Crippen LogP contribution in [0, 0.1) is 0 Å². The number of phenols is 1. The summed E-state index contributed by atoms with van der Waals surface area (Å²) in [7, 11) is -4.62. The minimum atomic E-state index is -4.62. The summed E-state index contributed by atoms with van der Waals surface area (Å²) in [6.07, 6.45) is 0. The van der Waals surface area contributed by atoms with Gasteiger partial charge in [-0.3, -0.25) is 14.2 Å². The number of amides is 1. The molecule has 0 bridgehead atoms. The highest BCUT2D eigenvalue weighted by Gasteiger charge is 2.26. The number of nitrogens with zero attached hydrogens (tertiary/aromatic N) is 2. The van der Waals surface area contributed by atoms with Gasteiger partial charge in [0, 0.05) is 15.7 Å². The second-order valence-electron chi connectivity index (χ2n) is 7.15. The molecular formula is C22H15Cl2N3O6S. The van der Waals surface area contributed by atoms with Crippen LogP contribution in [0.25, 0.3) is 10.9 Å². The zero-order chi connectivity index (χ0) is 24.6. The van der Waals surface area contributed by atoms with Crippen LogP contribution in [0.3, 0.4) is 0 Å². The lowest BCUT2D eigenvalue weighted by atomic mass is 10.2. The molecule has 0 saturated carbocycles. The van der Waals surface area contributed by atoms with Gasteiger partial charge in [0.2, 0.25) is 5.91 Å². The van der Waals surface area contributed by atoms with Crippen LogP contribution in [0.4, 0.5) is 5.69 Å². The van der Waals surface area contributed by atoms with Crippen LogP contribution >= 0.6 is 23.2 Å². The van der Waals surface area contributed by atoms with Gasteiger partial charge in [-0.05, 0) is 66.7 Å². The maximum Gasteiger partial charge on any atom is 0.346 e. The van der Waals surface area contributed by atoms with E-state index in [1.54, 1.807) is 0 Å². The second kappa shape index (κ2) is 8.98. The molecule has 0 radical (unpaired) electrons. The van der Waals surface area contributed by atoms with Gasteiger partial charge in [0.05, 0.1) is 15.8 Å². The number of nitrogens with one attached hydrogen (secondary N) is 1. The van der Waals surface area contributed by atoms with Crippen molar-refractivity contribution in [2.75, 3.05) is 5.32 Å². The molecule has 0 atom stereocenters. The summed E-state index contributed by atoms with van der Waals surface area (Å²) >= 11 is 11.9. The quantitative estimate of drug-likeness (QED) is 0.390. The fourth-order valence-electron chi connectivity index (χ4n) is 3.28. The number of hydrogen-bond donors (Lipinski definition) is 2. The molecule has 2 N–H and O–H groups in total. The maximum absolute atomic E-state index is 13.3. The fourth-order valence-corrected chi connectivity index (χ4v) is 4.89. The number of anilines is 1. The van der Waals surface area contributed by atoms with Crippen molar-refractivity contribution in [3.05, 3.63) is 97.6 Å². The number of hydrogen-bond acceptors (Lipinski definition) is 6. The van der Waals surface area contributed by atoms with Crippen molar-refractivity contribution < 1.29 is 18.3 Å². The lowest BCUT2D eigenvalue weighted by Crippen LogP contribution is -2.45. The summed E-state index contributed by atoms with van der Waals surface area (Å²) in [5.74, 6) is -0.683. The zero-order valence-electron chi connectivity index (χ0n) is 17.1. The van der Waals surface area contributed by atoms with E-state index in [9.17, 15) is 27.9 Å². The Bertz CT molecular complexity index is 1640. The number of carbonyl (C=O) groups excluding carboxylic acids is 1. The van der Waals surface area contributed by atoms with Gasteiger partial charge < -0.3 is 10.4 Å². The Morgan fingerprint density at radius 1 is 0.912 bits per heavy atom. The summed E-state index contributed by atoms with van der Waals surface area (Å²) in [5.41, 5.74) is -2.00. The first-order chi connectivity index (χ1) is 16.1. The zero-order valence-corrected chi connectivity index (χ0v) is 19.4. The van der Waals surface area contributed by atoms with Gasteiger partial charge in [0.25, 0.3) is 15.6 Å². The van der Waals surface area contributed by atoms with E-state index in [0.29, 0.717) is 5.69 Å². The predicted molar refractivity (Wildman–Crippen MR) is 128 cm³/mol. The third-order valence-corrected chi connectivity index (χ3v) is 7.03. The molecule has 1 heterocycles. The molecule has 9 nitrogen and oxygen atoms in total. The Morgan fingerprint density at radius 2 is 1.53 bits per heavy atom. The van der Waals surface area contributed by atoms with E-state index in [1.165, 1.54) is 54.6 Å². The average Bonchev–Trinajstić information content (AvgIpc) is 2.78. The van der Waals surface area contributed by atoms with E-state index in [-0.39, 0.29) is 35.6 Å². The molecule has 0 aliphatic heterocycles. The molecule has 0 unspecified atom stereocenters. The third kappa shape index (κ3) is 4.43. The number of phenolic OH excluding ortho intramolecular Hbond substituents is 1. The van der Waals surface area contributed by atoms with E-state index in [4.69, 9.17) is 23.2 Å². The van der Waals surface area contributed by atoms with E-state index in [0.717, 1.165) is 16.7 Å². The molecule has 1 aromatic heterocycles. The third-order valence-electron chi connectivity index (χ3n) is 4.87. The molecule has 34 heavy (non-hydrogen) atoms. The SMILES string of the molecule is O=C(Cn1c(=O)n(S(=O)(=O)c2ccc(Cl)cc2)c(=O)c2ccc(Cl)cc21)Nc1ccc(O)cc1. The second-order valence-corrected chi connectivity index (χ2v) is 9.81. The van der Waals surface area contributed by atoms with Crippen LogP contribution in [0.15, 0.2) is 81.2 Å². The van der Waals surface area contributed by atoms with E-state index < -0.39 is 33.7 Å². The van der Waals surface area contributed by atoms with Crippen LogP contribution in [0.2, 0.25) is 10.0 Å². The summed E-state index contributed by atoms with van der Waals surface area (Å²) < 4.78 is 27.4. The van der Waals surface area contributed by atoms with Crippen LogP contribution in [-0.4, -0.2) is 28.0 Å². The first-order valence-corrected chi connectivity index (χ1v) is 11.8.